The van der Waals surface area contributed by atoms with Gasteiger partial charge in [-0.1, -0.05) is 27.7 Å². The van der Waals surface area contributed by atoms with Crippen LogP contribution in [0.25, 0.3) is 0 Å². The van der Waals surface area contributed by atoms with E-state index in [2.05, 4.69) is 40.9 Å². The van der Waals surface area contributed by atoms with E-state index in [1.807, 2.05) is 13.0 Å². The zero-order chi connectivity index (χ0) is 23.3. The van der Waals surface area contributed by atoms with Crippen LogP contribution in [0, 0.1) is 17.2 Å². The molecule has 6 nitrogen and oxygen atoms in total. The third kappa shape index (κ3) is 4.00. The molecule has 5 rings (SSSR count). The van der Waals surface area contributed by atoms with E-state index in [1.54, 1.807) is 0 Å². The number of hydrogen-bond donors (Lipinski definition) is 1. The molecule has 2 unspecified atom stereocenters. The van der Waals surface area contributed by atoms with Gasteiger partial charge < -0.3 is 19.5 Å². The molecule has 1 N–H and O–H groups in total. The number of oxazole rings is 1. The SMILES string of the molecule is CCc1oc(N2CC(C)(CC)C2)nc1C(=O)Nc1cc(F)c2c(c1)CCN2C1CCC(C)C1. The number of benzene rings is 1. The molecule has 1 saturated heterocycles. The molecule has 3 heterocycles. The highest BCUT2D eigenvalue weighted by Crippen LogP contribution is 2.40. The number of hydrogen-bond acceptors (Lipinski definition) is 5. The van der Waals surface area contributed by atoms with Gasteiger partial charge in [0.25, 0.3) is 11.9 Å². The summed E-state index contributed by atoms with van der Waals surface area (Å²) in [5, 5.41) is 2.87. The topological polar surface area (TPSA) is 61.6 Å². The highest BCUT2D eigenvalue weighted by Gasteiger charge is 2.40. The third-order valence-electron chi connectivity index (χ3n) is 7.91. The molecule has 33 heavy (non-hydrogen) atoms. The van der Waals surface area contributed by atoms with E-state index >= 15 is 4.39 Å². The molecule has 2 aromatic rings. The second-order valence-corrected chi connectivity index (χ2v) is 10.6. The Morgan fingerprint density at radius 3 is 2.76 bits per heavy atom. The maximum absolute atomic E-state index is 15.2. The van der Waals surface area contributed by atoms with Gasteiger partial charge in [0, 0.05) is 43.2 Å². The summed E-state index contributed by atoms with van der Waals surface area (Å²) in [6.07, 6.45) is 5.93. The summed E-state index contributed by atoms with van der Waals surface area (Å²) >= 11 is 0. The van der Waals surface area contributed by atoms with Crippen molar-refractivity contribution in [2.75, 3.05) is 34.8 Å². The summed E-state index contributed by atoms with van der Waals surface area (Å²) in [6.45, 7) is 11.3. The number of halogens is 1. The van der Waals surface area contributed by atoms with Gasteiger partial charge in [-0.2, -0.15) is 4.98 Å². The molecule has 0 radical (unpaired) electrons. The predicted molar refractivity (Wildman–Crippen MR) is 129 cm³/mol. The minimum absolute atomic E-state index is 0.254. The lowest BCUT2D eigenvalue weighted by molar-refractivity contribution is 0.102. The second-order valence-electron chi connectivity index (χ2n) is 10.6. The van der Waals surface area contributed by atoms with Crippen molar-refractivity contribution in [2.45, 2.75) is 72.3 Å². The van der Waals surface area contributed by atoms with Gasteiger partial charge in [-0.15, -0.1) is 0 Å². The van der Waals surface area contributed by atoms with E-state index in [1.165, 1.54) is 12.5 Å². The van der Waals surface area contributed by atoms with Gasteiger partial charge in [0.15, 0.2) is 5.69 Å². The van der Waals surface area contributed by atoms with Crippen molar-refractivity contribution >= 4 is 23.3 Å². The van der Waals surface area contributed by atoms with Crippen LogP contribution in [0.1, 0.15) is 75.2 Å². The highest BCUT2D eigenvalue weighted by molar-refractivity contribution is 6.04. The summed E-state index contributed by atoms with van der Waals surface area (Å²) in [5.74, 6) is 0.666. The molecular weight excluding hydrogens is 419 g/mol. The summed E-state index contributed by atoms with van der Waals surface area (Å²) in [7, 11) is 0. The van der Waals surface area contributed by atoms with E-state index in [4.69, 9.17) is 4.42 Å². The van der Waals surface area contributed by atoms with Crippen LogP contribution in [0.5, 0.6) is 0 Å². The molecule has 2 fully saturated rings. The van der Waals surface area contributed by atoms with Gasteiger partial charge in [0.05, 0.1) is 5.69 Å². The minimum Gasteiger partial charge on any atom is -0.428 e. The number of amides is 1. The van der Waals surface area contributed by atoms with Gasteiger partial charge in [-0.05, 0) is 55.7 Å². The Kier molecular flexibility index (Phi) is 5.61. The first kappa shape index (κ1) is 22.2. The fraction of sp³-hybridized carbons (Fsp3) is 0.615. The number of fused-ring (bicyclic) bond motifs is 1. The maximum atomic E-state index is 15.2. The molecule has 178 valence electrons. The fourth-order valence-corrected chi connectivity index (χ4v) is 5.73. The largest absolute Gasteiger partial charge is 0.428 e. The molecule has 2 atom stereocenters. The first-order chi connectivity index (χ1) is 15.8. The smallest absolute Gasteiger partial charge is 0.298 e. The average molecular weight is 455 g/mol. The lowest BCUT2D eigenvalue weighted by Crippen LogP contribution is -2.54. The summed E-state index contributed by atoms with van der Waals surface area (Å²) in [6, 6.07) is 4.29. The van der Waals surface area contributed by atoms with Gasteiger partial charge in [-0.3, -0.25) is 4.79 Å². The molecule has 1 amide bonds. The number of carbonyl (C=O) groups is 1. The zero-order valence-electron chi connectivity index (χ0n) is 20.2. The molecule has 3 aliphatic rings. The van der Waals surface area contributed by atoms with Crippen LogP contribution in [-0.2, 0) is 12.8 Å². The molecule has 1 aromatic heterocycles. The minimum atomic E-state index is -0.348. The summed E-state index contributed by atoms with van der Waals surface area (Å²) in [5.41, 5.74) is 2.74. The Morgan fingerprint density at radius 2 is 2.09 bits per heavy atom. The molecule has 0 spiro atoms. The predicted octanol–water partition coefficient (Wildman–Crippen LogP) is 5.42. The zero-order valence-corrected chi connectivity index (χ0v) is 20.2. The highest BCUT2D eigenvalue weighted by atomic mass is 19.1. The van der Waals surface area contributed by atoms with E-state index in [-0.39, 0.29) is 17.1 Å². The van der Waals surface area contributed by atoms with Gasteiger partial charge >= 0.3 is 0 Å². The van der Waals surface area contributed by atoms with Crippen LogP contribution < -0.4 is 15.1 Å². The van der Waals surface area contributed by atoms with Crippen LogP contribution in [0.15, 0.2) is 16.5 Å². The average Bonchev–Trinajstić information content (AvgIpc) is 3.49. The van der Waals surface area contributed by atoms with Crippen molar-refractivity contribution in [3.63, 3.8) is 0 Å². The third-order valence-corrected chi connectivity index (χ3v) is 7.91. The maximum Gasteiger partial charge on any atom is 0.298 e. The number of anilines is 3. The number of nitrogens with one attached hydrogen (secondary N) is 1. The van der Waals surface area contributed by atoms with Gasteiger partial charge in [-0.25, -0.2) is 4.39 Å². The number of carbonyl (C=O) groups excluding carboxylic acids is 1. The number of rotatable bonds is 6. The van der Waals surface area contributed by atoms with Crippen LogP contribution >= 0.6 is 0 Å². The molecular formula is C26H35FN4O2. The standard InChI is InChI=1S/C26H35FN4O2/c1-5-21-22(29-25(33-21)30-14-26(4,6-2)15-30)24(32)28-18-12-17-9-10-31(23(17)20(27)13-18)19-8-7-16(3)11-19/h12-13,16,19H,5-11,14-15H2,1-4H3,(H,28,32). The Balaban J connectivity index is 1.32. The molecule has 1 aromatic carbocycles. The van der Waals surface area contributed by atoms with E-state index in [0.29, 0.717) is 41.5 Å². The van der Waals surface area contributed by atoms with E-state index in [9.17, 15) is 4.79 Å². The van der Waals surface area contributed by atoms with Crippen molar-refractivity contribution < 1.29 is 13.6 Å². The number of nitrogens with zero attached hydrogens (tertiary/aromatic N) is 3. The molecule has 2 aliphatic heterocycles. The normalized spacial score (nSPS) is 23.5. The Labute approximate surface area is 195 Å². The van der Waals surface area contributed by atoms with Gasteiger partial charge in [0.1, 0.15) is 11.6 Å². The Bertz CT molecular complexity index is 1060. The summed E-state index contributed by atoms with van der Waals surface area (Å²) < 4.78 is 21.1. The van der Waals surface area contributed by atoms with Crippen molar-refractivity contribution in [3.8, 4) is 0 Å². The molecule has 1 aliphatic carbocycles. The van der Waals surface area contributed by atoms with Crippen molar-refractivity contribution in [2.24, 2.45) is 11.3 Å². The monoisotopic (exact) mass is 454 g/mol. The first-order valence-corrected chi connectivity index (χ1v) is 12.4. The molecule has 1 saturated carbocycles. The number of aromatic nitrogens is 1. The van der Waals surface area contributed by atoms with Crippen molar-refractivity contribution in [3.05, 3.63) is 35.0 Å². The summed E-state index contributed by atoms with van der Waals surface area (Å²) in [4.78, 5) is 21.9. The molecule has 7 heteroatoms. The van der Waals surface area contributed by atoms with Crippen LogP contribution in [0.4, 0.5) is 21.8 Å². The fourth-order valence-electron chi connectivity index (χ4n) is 5.73. The van der Waals surface area contributed by atoms with Crippen LogP contribution in [0.2, 0.25) is 0 Å². The lowest BCUT2D eigenvalue weighted by Gasteiger charge is -2.46. The van der Waals surface area contributed by atoms with E-state index < -0.39 is 0 Å². The first-order valence-electron chi connectivity index (χ1n) is 12.4. The Morgan fingerprint density at radius 1 is 1.30 bits per heavy atom. The van der Waals surface area contributed by atoms with Gasteiger partial charge in [0.2, 0.25) is 0 Å². The quantitative estimate of drug-likeness (QED) is 0.632. The van der Waals surface area contributed by atoms with Crippen molar-refractivity contribution in [1.82, 2.24) is 4.98 Å². The number of aryl methyl sites for hydroxylation is 1. The van der Waals surface area contributed by atoms with Crippen molar-refractivity contribution in [1.29, 1.82) is 0 Å². The lowest BCUT2D eigenvalue weighted by atomic mass is 9.80. The Hall–Kier alpha value is -2.57. The second kappa shape index (κ2) is 8.33. The molecule has 0 bridgehead atoms. The van der Waals surface area contributed by atoms with Crippen LogP contribution in [0.3, 0.4) is 0 Å². The van der Waals surface area contributed by atoms with E-state index in [0.717, 1.165) is 56.6 Å². The van der Waals surface area contributed by atoms with Crippen LogP contribution in [-0.4, -0.2) is 36.6 Å².